The Kier molecular flexibility index (Phi) is 2.48. The Labute approximate surface area is 95.3 Å². The van der Waals surface area contributed by atoms with E-state index in [1.807, 2.05) is 12.3 Å². The molecule has 2 heterocycles. The number of rotatable bonds is 3. The lowest BCUT2D eigenvalue weighted by atomic mass is 9.85. The lowest BCUT2D eigenvalue weighted by molar-refractivity contribution is -0.123. The maximum atomic E-state index is 12.1. The topological polar surface area (TPSA) is 42.0 Å². The van der Waals surface area contributed by atoms with Crippen LogP contribution in [-0.2, 0) is 4.79 Å². The van der Waals surface area contributed by atoms with Gasteiger partial charge < -0.3 is 5.32 Å². The monoisotopic (exact) mass is 216 g/mol. The molecule has 16 heavy (non-hydrogen) atoms. The fourth-order valence-electron chi connectivity index (χ4n) is 2.59. The standard InChI is InChI=1S/C13H16N2O/c16-13(9-3-4-9)12-8-15-7-11(12)10-2-1-5-14-6-10/h1-2,5-6,9,11-12,15H,3-4,7-8H2. The predicted molar refractivity (Wildman–Crippen MR) is 61.1 cm³/mol. The molecular formula is C13H16N2O. The zero-order valence-electron chi connectivity index (χ0n) is 9.23. The van der Waals surface area contributed by atoms with Gasteiger partial charge in [-0.3, -0.25) is 9.78 Å². The van der Waals surface area contributed by atoms with Crippen molar-refractivity contribution < 1.29 is 4.79 Å². The molecule has 2 fully saturated rings. The molecule has 0 amide bonds. The lowest BCUT2D eigenvalue weighted by Gasteiger charge is -2.17. The van der Waals surface area contributed by atoms with Gasteiger partial charge in [0.05, 0.1) is 0 Å². The van der Waals surface area contributed by atoms with Crippen LogP contribution in [0.2, 0.25) is 0 Å². The van der Waals surface area contributed by atoms with E-state index in [1.54, 1.807) is 6.20 Å². The van der Waals surface area contributed by atoms with E-state index < -0.39 is 0 Å². The fraction of sp³-hybridized carbons (Fsp3) is 0.538. The molecule has 1 aromatic rings. The summed E-state index contributed by atoms with van der Waals surface area (Å²) in [4.78, 5) is 16.3. The van der Waals surface area contributed by atoms with Crippen molar-refractivity contribution in [1.82, 2.24) is 10.3 Å². The van der Waals surface area contributed by atoms with Crippen molar-refractivity contribution in [3.05, 3.63) is 30.1 Å². The molecule has 0 radical (unpaired) electrons. The number of hydrogen-bond acceptors (Lipinski definition) is 3. The summed E-state index contributed by atoms with van der Waals surface area (Å²) in [6, 6.07) is 4.03. The normalized spacial score (nSPS) is 29.2. The number of ketones is 1. The minimum Gasteiger partial charge on any atom is -0.315 e. The maximum Gasteiger partial charge on any atom is 0.140 e. The van der Waals surface area contributed by atoms with Crippen LogP contribution in [0.3, 0.4) is 0 Å². The number of pyridine rings is 1. The Morgan fingerprint density at radius 2 is 2.25 bits per heavy atom. The Morgan fingerprint density at radius 3 is 2.94 bits per heavy atom. The SMILES string of the molecule is O=C(C1CC1)C1CNCC1c1cccnc1. The van der Waals surface area contributed by atoms with Crippen LogP contribution in [0.15, 0.2) is 24.5 Å². The van der Waals surface area contributed by atoms with Crippen molar-refractivity contribution in [3.63, 3.8) is 0 Å². The lowest BCUT2D eigenvalue weighted by Crippen LogP contribution is -2.23. The number of nitrogens with zero attached hydrogens (tertiary/aromatic N) is 1. The van der Waals surface area contributed by atoms with Gasteiger partial charge in [0.15, 0.2) is 0 Å². The van der Waals surface area contributed by atoms with Gasteiger partial charge in [-0.25, -0.2) is 0 Å². The minimum absolute atomic E-state index is 0.177. The first-order chi connectivity index (χ1) is 7.86. The van der Waals surface area contributed by atoms with E-state index in [2.05, 4.69) is 16.4 Å². The predicted octanol–water partition coefficient (Wildman–Crippen LogP) is 1.36. The van der Waals surface area contributed by atoms with Gasteiger partial charge in [-0.2, -0.15) is 0 Å². The summed E-state index contributed by atoms with van der Waals surface area (Å²) in [5, 5.41) is 3.34. The van der Waals surface area contributed by atoms with Gasteiger partial charge in [-0.1, -0.05) is 6.07 Å². The van der Waals surface area contributed by atoms with Crippen LogP contribution in [0.5, 0.6) is 0 Å². The van der Waals surface area contributed by atoms with Crippen molar-refractivity contribution in [2.24, 2.45) is 11.8 Å². The van der Waals surface area contributed by atoms with Crippen molar-refractivity contribution in [2.75, 3.05) is 13.1 Å². The maximum absolute atomic E-state index is 12.1. The van der Waals surface area contributed by atoms with E-state index in [1.165, 1.54) is 5.56 Å². The number of carbonyl (C=O) groups is 1. The molecule has 0 aromatic carbocycles. The van der Waals surface area contributed by atoms with E-state index in [-0.39, 0.29) is 5.92 Å². The molecule has 0 spiro atoms. The summed E-state index contributed by atoms with van der Waals surface area (Å²) in [5.41, 5.74) is 1.20. The van der Waals surface area contributed by atoms with Crippen LogP contribution in [0.1, 0.15) is 24.3 Å². The van der Waals surface area contributed by atoms with Gasteiger partial charge in [0.25, 0.3) is 0 Å². The molecule has 2 aliphatic rings. The van der Waals surface area contributed by atoms with Crippen molar-refractivity contribution in [3.8, 4) is 0 Å². The van der Waals surface area contributed by atoms with Crippen LogP contribution in [-0.4, -0.2) is 23.9 Å². The number of aromatic nitrogens is 1. The summed E-state index contributed by atoms with van der Waals surface area (Å²) >= 11 is 0. The van der Waals surface area contributed by atoms with Gasteiger partial charge in [0.2, 0.25) is 0 Å². The molecule has 84 valence electrons. The summed E-state index contributed by atoms with van der Waals surface area (Å²) in [6.45, 7) is 1.75. The van der Waals surface area contributed by atoms with Crippen molar-refractivity contribution in [2.45, 2.75) is 18.8 Å². The average molecular weight is 216 g/mol. The van der Waals surface area contributed by atoms with Gasteiger partial charge >= 0.3 is 0 Å². The number of hydrogen-bond donors (Lipinski definition) is 1. The smallest absolute Gasteiger partial charge is 0.140 e. The van der Waals surface area contributed by atoms with E-state index in [4.69, 9.17) is 0 Å². The zero-order chi connectivity index (χ0) is 11.0. The molecule has 1 aliphatic carbocycles. The highest BCUT2D eigenvalue weighted by Crippen LogP contribution is 2.38. The molecule has 1 saturated heterocycles. The Bertz CT molecular complexity index is 386. The molecule has 3 nitrogen and oxygen atoms in total. The molecule has 1 N–H and O–H groups in total. The molecule has 3 heteroatoms. The Morgan fingerprint density at radius 1 is 1.38 bits per heavy atom. The van der Waals surface area contributed by atoms with Gasteiger partial charge in [0, 0.05) is 43.2 Å². The van der Waals surface area contributed by atoms with E-state index >= 15 is 0 Å². The third kappa shape index (κ3) is 1.76. The van der Waals surface area contributed by atoms with E-state index in [9.17, 15) is 4.79 Å². The van der Waals surface area contributed by atoms with Crippen molar-refractivity contribution >= 4 is 5.78 Å². The summed E-state index contributed by atoms with van der Waals surface area (Å²) in [5.74, 6) is 1.35. The molecular weight excluding hydrogens is 200 g/mol. The average Bonchev–Trinajstić information content (AvgIpc) is 3.06. The molecule has 1 aromatic heterocycles. The Hall–Kier alpha value is -1.22. The number of Topliss-reactive ketones (excluding diaryl/α,β-unsaturated/α-hetero) is 1. The first-order valence-electron chi connectivity index (χ1n) is 6.00. The second-order valence-electron chi connectivity index (χ2n) is 4.83. The summed E-state index contributed by atoms with van der Waals surface area (Å²) < 4.78 is 0. The van der Waals surface area contributed by atoms with Gasteiger partial charge in [0.1, 0.15) is 5.78 Å². The van der Waals surface area contributed by atoms with Crippen LogP contribution in [0, 0.1) is 11.8 Å². The fourth-order valence-corrected chi connectivity index (χ4v) is 2.59. The Balaban J connectivity index is 1.81. The highest BCUT2D eigenvalue weighted by Gasteiger charge is 2.41. The van der Waals surface area contributed by atoms with E-state index in [0.29, 0.717) is 17.6 Å². The summed E-state index contributed by atoms with van der Waals surface area (Å²) in [6.07, 6.45) is 5.89. The minimum atomic E-state index is 0.177. The molecule has 1 aliphatic heterocycles. The third-order valence-electron chi connectivity index (χ3n) is 3.67. The van der Waals surface area contributed by atoms with Crippen molar-refractivity contribution in [1.29, 1.82) is 0 Å². The van der Waals surface area contributed by atoms with Crippen LogP contribution in [0.4, 0.5) is 0 Å². The molecule has 2 unspecified atom stereocenters. The highest BCUT2D eigenvalue weighted by atomic mass is 16.1. The second kappa shape index (κ2) is 3.98. The first kappa shape index (κ1) is 9.97. The molecule has 3 rings (SSSR count). The van der Waals surface area contributed by atoms with Crippen LogP contribution < -0.4 is 5.32 Å². The van der Waals surface area contributed by atoms with Gasteiger partial charge in [-0.15, -0.1) is 0 Å². The number of carbonyl (C=O) groups excluding carboxylic acids is 1. The molecule has 0 bridgehead atoms. The third-order valence-corrected chi connectivity index (χ3v) is 3.67. The molecule has 2 atom stereocenters. The highest BCUT2D eigenvalue weighted by molar-refractivity contribution is 5.86. The van der Waals surface area contributed by atoms with Crippen LogP contribution in [0.25, 0.3) is 0 Å². The first-order valence-corrected chi connectivity index (χ1v) is 6.00. The largest absolute Gasteiger partial charge is 0.315 e. The van der Waals surface area contributed by atoms with Gasteiger partial charge in [-0.05, 0) is 24.5 Å². The number of nitrogens with one attached hydrogen (secondary N) is 1. The molecule has 1 saturated carbocycles. The van der Waals surface area contributed by atoms with E-state index in [0.717, 1.165) is 25.9 Å². The summed E-state index contributed by atoms with van der Waals surface area (Å²) in [7, 11) is 0. The second-order valence-corrected chi connectivity index (χ2v) is 4.83. The zero-order valence-corrected chi connectivity index (χ0v) is 9.23. The van der Waals surface area contributed by atoms with Crippen LogP contribution >= 0.6 is 0 Å². The quantitative estimate of drug-likeness (QED) is 0.829.